The minimum atomic E-state index is 0.624. The summed E-state index contributed by atoms with van der Waals surface area (Å²) < 4.78 is 1.18. The molecule has 1 fully saturated rings. The first-order valence-electron chi connectivity index (χ1n) is 5.50. The Morgan fingerprint density at radius 2 is 2.07 bits per heavy atom. The zero-order valence-corrected chi connectivity index (χ0v) is 10.6. The van der Waals surface area contributed by atoms with Crippen LogP contribution in [-0.4, -0.2) is 19.1 Å². The van der Waals surface area contributed by atoms with E-state index in [1.165, 1.54) is 28.6 Å². The van der Waals surface area contributed by atoms with Gasteiger partial charge in [0.15, 0.2) is 0 Å². The van der Waals surface area contributed by atoms with Crippen LogP contribution in [-0.2, 0) is 0 Å². The van der Waals surface area contributed by atoms with Crippen molar-refractivity contribution in [2.75, 3.05) is 18.4 Å². The number of hydrogen-bond acceptors (Lipinski definition) is 2. The largest absolute Gasteiger partial charge is 0.382 e. The van der Waals surface area contributed by atoms with Crippen LogP contribution in [0.1, 0.15) is 18.4 Å². The van der Waals surface area contributed by atoms with Gasteiger partial charge in [0.05, 0.1) is 0 Å². The van der Waals surface area contributed by atoms with Crippen molar-refractivity contribution in [2.45, 2.75) is 25.8 Å². The van der Waals surface area contributed by atoms with Gasteiger partial charge in [-0.25, -0.2) is 0 Å². The zero-order valence-electron chi connectivity index (χ0n) is 9.02. The Labute approximate surface area is 99.6 Å². The lowest BCUT2D eigenvalue weighted by Gasteiger charge is -2.25. The minimum absolute atomic E-state index is 0.624. The Hall–Kier alpha value is -0.540. The number of hydrogen-bond donors (Lipinski definition) is 2. The van der Waals surface area contributed by atoms with Crippen LogP contribution in [0.2, 0.25) is 0 Å². The topological polar surface area (TPSA) is 24.1 Å². The smallest absolute Gasteiger partial charge is 0.0383 e. The molecule has 82 valence electrons. The van der Waals surface area contributed by atoms with Gasteiger partial charge in [0.2, 0.25) is 0 Å². The molecule has 0 aromatic heterocycles. The second-order valence-corrected chi connectivity index (χ2v) is 4.94. The van der Waals surface area contributed by atoms with Crippen molar-refractivity contribution in [3.05, 3.63) is 28.2 Å². The molecule has 0 spiro atoms. The standard InChI is InChI=1S/C12H17BrN2/c1-9-11(13)3-2-4-12(9)15-10-5-7-14-8-6-10/h2-4,10,14-15H,5-8H2,1H3. The highest BCUT2D eigenvalue weighted by atomic mass is 79.9. The molecule has 1 aliphatic rings. The van der Waals surface area contributed by atoms with E-state index in [2.05, 4.69) is 51.7 Å². The van der Waals surface area contributed by atoms with Gasteiger partial charge in [0.25, 0.3) is 0 Å². The molecule has 1 aromatic rings. The van der Waals surface area contributed by atoms with E-state index in [-0.39, 0.29) is 0 Å². The molecule has 0 unspecified atom stereocenters. The Kier molecular flexibility index (Phi) is 3.65. The van der Waals surface area contributed by atoms with Crippen LogP contribution in [0, 0.1) is 6.92 Å². The third-order valence-corrected chi connectivity index (χ3v) is 3.83. The molecule has 15 heavy (non-hydrogen) atoms. The predicted molar refractivity (Wildman–Crippen MR) is 68.4 cm³/mol. The number of halogens is 1. The number of anilines is 1. The van der Waals surface area contributed by atoms with E-state index < -0.39 is 0 Å². The molecule has 0 amide bonds. The lowest BCUT2D eigenvalue weighted by atomic mass is 10.1. The van der Waals surface area contributed by atoms with E-state index in [1.54, 1.807) is 0 Å². The van der Waals surface area contributed by atoms with Crippen LogP contribution in [0.5, 0.6) is 0 Å². The highest BCUT2D eigenvalue weighted by Crippen LogP contribution is 2.25. The molecule has 3 heteroatoms. The summed E-state index contributed by atoms with van der Waals surface area (Å²) in [6, 6.07) is 6.95. The van der Waals surface area contributed by atoms with Crippen molar-refractivity contribution >= 4 is 21.6 Å². The molecule has 1 heterocycles. The van der Waals surface area contributed by atoms with Gasteiger partial charge in [-0.15, -0.1) is 0 Å². The molecule has 2 nitrogen and oxygen atoms in total. The molecule has 0 radical (unpaired) electrons. The molecule has 1 aromatic carbocycles. The Bertz CT molecular complexity index is 332. The summed E-state index contributed by atoms with van der Waals surface area (Å²) in [6.45, 7) is 4.41. The quantitative estimate of drug-likeness (QED) is 0.862. The van der Waals surface area contributed by atoms with Gasteiger partial charge < -0.3 is 10.6 Å². The SMILES string of the molecule is Cc1c(Br)cccc1NC1CCNCC1. The minimum Gasteiger partial charge on any atom is -0.382 e. The predicted octanol–water partition coefficient (Wildman–Crippen LogP) is 2.92. The van der Waals surface area contributed by atoms with Crippen LogP contribution >= 0.6 is 15.9 Å². The van der Waals surface area contributed by atoms with Gasteiger partial charge in [-0.2, -0.15) is 0 Å². The van der Waals surface area contributed by atoms with Crippen molar-refractivity contribution in [3.8, 4) is 0 Å². The maximum atomic E-state index is 3.62. The molecule has 2 N–H and O–H groups in total. The van der Waals surface area contributed by atoms with Crippen LogP contribution in [0.3, 0.4) is 0 Å². The van der Waals surface area contributed by atoms with Crippen LogP contribution in [0.15, 0.2) is 22.7 Å². The number of benzene rings is 1. The summed E-state index contributed by atoms with van der Waals surface area (Å²) in [5.41, 5.74) is 2.56. The van der Waals surface area contributed by atoms with Crippen LogP contribution in [0.4, 0.5) is 5.69 Å². The fraction of sp³-hybridized carbons (Fsp3) is 0.500. The fourth-order valence-corrected chi connectivity index (χ4v) is 2.32. The summed E-state index contributed by atoms with van der Waals surface area (Å²) in [5, 5.41) is 7.00. The zero-order chi connectivity index (χ0) is 10.7. The lowest BCUT2D eigenvalue weighted by Crippen LogP contribution is -2.35. The molecule has 2 rings (SSSR count). The second kappa shape index (κ2) is 4.99. The van der Waals surface area contributed by atoms with Gasteiger partial charge in [-0.1, -0.05) is 22.0 Å². The van der Waals surface area contributed by atoms with Gasteiger partial charge in [-0.05, 0) is 50.6 Å². The highest BCUT2D eigenvalue weighted by Gasteiger charge is 2.13. The summed E-state index contributed by atoms with van der Waals surface area (Å²) in [6.07, 6.45) is 2.43. The first-order valence-corrected chi connectivity index (χ1v) is 6.29. The Balaban J connectivity index is 2.06. The van der Waals surface area contributed by atoms with Crippen molar-refractivity contribution in [1.29, 1.82) is 0 Å². The third kappa shape index (κ3) is 2.73. The average molecular weight is 269 g/mol. The molecule has 0 aliphatic carbocycles. The van der Waals surface area contributed by atoms with Crippen molar-refractivity contribution in [2.24, 2.45) is 0 Å². The van der Waals surface area contributed by atoms with E-state index >= 15 is 0 Å². The van der Waals surface area contributed by atoms with Gasteiger partial charge >= 0.3 is 0 Å². The lowest BCUT2D eigenvalue weighted by molar-refractivity contribution is 0.479. The van der Waals surface area contributed by atoms with Crippen molar-refractivity contribution in [1.82, 2.24) is 5.32 Å². The second-order valence-electron chi connectivity index (χ2n) is 4.08. The first-order chi connectivity index (χ1) is 7.27. The third-order valence-electron chi connectivity index (χ3n) is 2.97. The van der Waals surface area contributed by atoms with Gasteiger partial charge in [-0.3, -0.25) is 0 Å². The van der Waals surface area contributed by atoms with Gasteiger partial charge in [0.1, 0.15) is 0 Å². The van der Waals surface area contributed by atoms with Crippen LogP contribution in [0.25, 0.3) is 0 Å². The first kappa shape index (κ1) is 11.0. The molecule has 1 saturated heterocycles. The van der Waals surface area contributed by atoms with E-state index in [9.17, 15) is 0 Å². The number of nitrogens with one attached hydrogen (secondary N) is 2. The van der Waals surface area contributed by atoms with Crippen molar-refractivity contribution < 1.29 is 0 Å². The summed E-state index contributed by atoms with van der Waals surface area (Å²) in [7, 11) is 0. The number of rotatable bonds is 2. The van der Waals surface area contributed by atoms with Crippen molar-refractivity contribution in [3.63, 3.8) is 0 Å². The molecule has 0 saturated carbocycles. The fourth-order valence-electron chi connectivity index (χ4n) is 1.95. The monoisotopic (exact) mass is 268 g/mol. The van der Waals surface area contributed by atoms with E-state index in [0.717, 1.165) is 13.1 Å². The van der Waals surface area contributed by atoms with Gasteiger partial charge in [0, 0.05) is 16.2 Å². The summed E-state index contributed by atoms with van der Waals surface area (Å²) in [4.78, 5) is 0. The molecular formula is C12H17BrN2. The number of piperidine rings is 1. The summed E-state index contributed by atoms with van der Waals surface area (Å²) in [5.74, 6) is 0. The Morgan fingerprint density at radius 3 is 2.80 bits per heavy atom. The van der Waals surface area contributed by atoms with E-state index in [1.807, 2.05) is 0 Å². The molecule has 1 aliphatic heterocycles. The summed E-state index contributed by atoms with van der Waals surface area (Å²) >= 11 is 3.56. The molecule has 0 bridgehead atoms. The normalized spacial score (nSPS) is 17.7. The Morgan fingerprint density at radius 1 is 1.33 bits per heavy atom. The van der Waals surface area contributed by atoms with E-state index in [0.29, 0.717) is 6.04 Å². The highest BCUT2D eigenvalue weighted by molar-refractivity contribution is 9.10. The average Bonchev–Trinajstić information content (AvgIpc) is 2.26. The van der Waals surface area contributed by atoms with Crippen LogP contribution < -0.4 is 10.6 Å². The molecular weight excluding hydrogens is 252 g/mol. The maximum Gasteiger partial charge on any atom is 0.0383 e. The molecule has 0 atom stereocenters. The maximum absolute atomic E-state index is 3.62. The van der Waals surface area contributed by atoms with E-state index in [4.69, 9.17) is 0 Å².